The maximum Gasteiger partial charge on any atom is 0.336 e. The lowest BCUT2D eigenvalue weighted by Crippen LogP contribution is -2.07. The number of carboxylic acids is 2. The molecule has 0 amide bonds. The van der Waals surface area contributed by atoms with Gasteiger partial charge in [-0.15, -0.1) is 0 Å². The quantitative estimate of drug-likeness (QED) is 0.842. The van der Waals surface area contributed by atoms with Crippen molar-refractivity contribution in [3.63, 3.8) is 0 Å². The number of hydrogen-bond donors (Lipinski definition) is 2. The second-order valence-electron chi connectivity index (χ2n) is 5.10. The number of benzene rings is 2. The summed E-state index contributed by atoms with van der Waals surface area (Å²) in [6.45, 7) is 2.05. The van der Waals surface area contributed by atoms with Crippen molar-refractivity contribution in [1.29, 1.82) is 0 Å². The van der Waals surface area contributed by atoms with Gasteiger partial charge in [-0.3, -0.25) is 0 Å². The van der Waals surface area contributed by atoms with Crippen LogP contribution in [0, 0.1) is 0 Å². The van der Waals surface area contributed by atoms with Crippen LogP contribution in [0.4, 0.5) is 0 Å². The molecule has 0 aliphatic heterocycles. The Morgan fingerprint density at radius 1 is 0.909 bits per heavy atom. The van der Waals surface area contributed by atoms with Crippen molar-refractivity contribution in [3.05, 3.63) is 59.2 Å². The first-order valence-corrected chi connectivity index (χ1v) is 7.24. The molecule has 0 bridgehead atoms. The van der Waals surface area contributed by atoms with Gasteiger partial charge in [0.1, 0.15) is 0 Å². The topological polar surface area (TPSA) is 74.6 Å². The SMILES string of the molecule is CCCCc1cccc(-c2ccccc2C(=O)O)c1C(=O)O. The number of aryl methyl sites for hydroxylation is 1. The van der Waals surface area contributed by atoms with Crippen LogP contribution in [0.5, 0.6) is 0 Å². The zero-order valence-electron chi connectivity index (χ0n) is 12.4. The van der Waals surface area contributed by atoms with Crippen molar-refractivity contribution in [3.8, 4) is 11.1 Å². The normalized spacial score (nSPS) is 10.4. The molecule has 4 nitrogen and oxygen atoms in total. The molecule has 2 rings (SSSR count). The first-order chi connectivity index (χ1) is 10.6. The number of rotatable bonds is 6. The molecule has 0 saturated carbocycles. The molecule has 0 unspecified atom stereocenters. The Morgan fingerprint density at radius 3 is 2.23 bits per heavy atom. The molecule has 4 heteroatoms. The van der Waals surface area contributed by atoms with Crippen molar-refractivity contribution in [1.82, 2.24) is 0 Å². The maximum absolute atomic E-state index is 11.7. The van der Waals surface area contributed by atoms with Gasteiger partial charge >= 0.3 is 11.9 Å². The minimum absolute atomic E-state index is 0.109. The Balaban J connectivity index is 2.65. The van der Waals surface area contributed by atoms with E-state index in [1.165, 1.54) is 6.07 Å². The average Bonchev–Trinajstić information content (AvgIpc) is 2.52. The fourth-order valence-corrected chi connectivity index (χ4v) is 2.56. The summed E-state index contributed by atoms with van der Waals surface area (Å²) < 4.78 is 0. The molecular weight excluding hydrogens is 280 g/mol. The predicted octanol–water partition coefficient (Wildman–Crippen LogP) is 4.09. The van der Waals surface area contributed by atoms with Crippen molar-refractivity contribution in [2.45, 2.75) is 26.2 Å². The summed E-state index contributed by atoms with van der Waals surface area (Å²) >= 11 is 0. The van der Waals surface area contributed by atoms with Crippen molar-refractivity contribution in [2.75, 3.05) is 0 Å². The summed E-state index contributed by atoms with van der Waals surface area (Å²) in [5.74, 6) is -2.09. The van der Waals surface area contributed by atoms with Gasteiger partial charge in [0.15, 0.2) is 0 Å². The van der Waals surface area contributed by atoms with Crippen LogP contribution in [0.2, 0.25) is 0 Å². The van der Waals surface area contributed by atoms with E-state index in [1.54, 1.807) is 36.4 Å². The molecular formula is C18H18O4. The van der Waals surface area contributed by atoms with Crippen LogP contribution in [0.25, 0.3) is 11.1 Å². The monoisotopic (exact) mass is 298 g/mol. The largest absolute Gasteiger partial charge is 0.478 e. The Kier molecular flexibility index (Phi) is 4.94. The van der Waals surface area contributed by atoms with Crippen molar-refractivity contribution >= 4 is 11.9 Å². The fraction of sp³-hybridized carbons (Fsp3) is 0.222. The van der Waals surface area contributed by atoms with Gasteiger partial charge in [0, 0.05) is 0 Å². The molecule has 0 radical (unpaired) electrons. The number of carboxylic acid groups (broad SMARTS) is 2. The van der Waals surface area contributed by atoms with E-state index < -0.39 is 11.9 Å². The molecule has 0 aromatic heterocycles. The van der Waals surface area contributed by atoms with E-state index in [4.69, 9.17) is 0 Å². The van der Waals surface area contributed by atoms with Gasteiger partial charge in [-0.25, -0.2) is 9.59 Å². The fourth-order valence-electron chi connectivity index (χ4n) is 2.56. The molecule has 2 N–H and O–H groups in total. The molecule has 0 heterocycles. The smallest absolute Gasteiger partial charge is 0.336 e. The highest BCUT2D eigenvalue weighted by molar-refractivity contribution is 6.02. The van der Waals surface area contributed by atoms with E-state index in [9.17, 15) is 19.8 Å². The Morgan fingerprint density at radius 2 is 1.59 bits per heavy atom. The number of aromatic carboxylic acids is 2. The van der Waals surface area contributed by atoms with E-state index in [0.717, 1.165) is 18.4 Å². The predicted molar refractivity (Wildman–Crippen MR) is 84.4 cm³/mol. The zero-order valence-corrected chi connectivity index (χ0v) is 12.4. The number of unbranched alkanes of at least 4 members (excludes halogenated alkanes) is 1. The van der Waals surface area contributed by atoms with Gasteiger partial charge in [0.05, 0.1) is 11.1 Å². The highest BCUT2D eigenvalue weighted by atomic mass is 16.4. The van der Waals surface area contributed by atoms with Gasteiger partial charge in [-0.2, -0.15) is 0 Å². The molecule has 114 valence electrons. The van der Waals surface area contributed by atoms with Gasteiger partial charge in [0.25, 0.3) is 0 Å². The maximum atomic E-state index is 11.7. The highest BCUT2D eigenvalue weighted by Crippen LogP contribution is 2.30. The molecule has 0 aliphatic carbocycles. The van der Waals surface area contributed by atoms with Gasteiger partial charge in [0.2, 0.25) is 0 Å². The Labute approximate surface area is 129 Å². The van der Waals surface area contributed by atoms with Crippen LogP contribution in [-0.4, -0.2) is 22.2 Å². The van der Waals surface area contributed by atoms with E-state index >= 15 is 0 Å². The first kappa shape index (κ1) is 15.8. The summed E-state index contributed by atoms with van der Waals surface area (Å²) in [6, 6.07) is 11.7. The number of hydrogen-bond acceptors (Lipinski definition) is 2. The Bertz CT molecular complexity index is 704. The van der Waals surface area contributed by atoms with E-state index in [2.05, 4.69) is 0 Å². The van der Waals surface area contributed by atoms with Gasteiger partial charge < -0.3 is 10.2 Å². The molecule has 0 aliphatic rings. The van der Waals surface area contributed by atoms with E-state index in [1.807, 2.05) is 6.92 Å². The van der Waals surface area contributed by atoms with Crippen LogP contribution in [-0.2, 0) is 6.42 Å². The average molecular weight is 298 g/mol. The summed E-state index contributed by atoms with van der Waals surface area (Å²) in [7, 11) is 0. The molecule has 0 fully saturated rings. The summed E-state index contributed by atoms with van der Waals surface area (Å²) in [4.78, 5) is 23.1. The summed E-state index contributed by atoms with van der Waals surface area (Å²) in [5, 5.41) is 18.9. The lowest BCUT2D eigenvalue weighted by atomic mass is 9.90. The number of carbonyl (C=O) groups is 2. The minimum Gasteiger partial charge on any atom is -0.478 e. The van der Waals surface area contributed by atoms with Crippen LogP contribution in [0.3, 0.4) is 0 Å². The van der Waals surface area contributed by atoms with E-state index in [0.29, 0.717) is 17.5 Å². The third kappa shape index (κ3) is 3.17. The van der Waals surface area contributed by atoms with Crippen molar-refractivity contribution in [2.24, 2.45) is 0 Å². The molecule has 2 aromatic rings. The van der Waals surface area contributed by atoms with E-state index in [-0.39, 0.29) is 11.1 Å². The van der Waals surface area contributed by atoms with Crippen LogP contribution >= 0.6 is 0 Å². The van der Waals surface area contributed by atoms with Crippen LogP contribution < -0.4 is 0 Å². The lowest BCUT2D eigenvalue weighted by molar-refractivity contribution is 0.0683. The van der Waals surface area contributed by atoms with Crippen LogP contribution in [0.1, 0.15) is 46.0 Å². The zero-order chi connectivity index (χ0) is 16.1. The first-order valence-electron chi connectivity index (χ1n) is 7.24. The summed E-state index contributed by atoms with van der Waals surface area (Å²) in [6.07, 6.45) is 2.53. The van der Waals surface area contributed by atoms with Crippen molar-refractivity contribution < 1.29 is 19.8 Å². The molecule has 0 spiro atoms. The molecule has 0 saturated heterocycles. The third-order valence-corrected chi connectivity index (χ3v) is 3.61. The second kappa shape index (κ2) is 6.89. The minimum atomic E-state index is -1.06. The summed E-state index contributed by atoms with van der Waals surface area (Å²) in [5.41, 5.74) is 1.94. The van der Waals surface area contributed by atoms with Gasteiger partial charge in [-0.05, 0) is 35.6 Å². The second-order valence-corrected chi connectivity index (χ2v) is 5.10. The lowest BCUT2D eigenvalue weighted by Gasteiger charge is -2.13. The Hall–Kier alpha value is -2.62. The van der Waals surface area contributed by atoms with Gasteiger partial charge in [-0.1, -0.05) is 49.7 Å². The third-order valence-electron chi connectivity index (χ3n) is 3.61. The molecule has 22 heavy (non-hydrogen) atoms. The highest BCUT2D eigenvalue weighted by Gasteiger charge is 2.19. The van der Waals surface area contributed by atoms with Crippen LogP contribution in [0.15, 0.2) is 42.5 Å². The molecule has 0 atom stereocenters. The standard InChI is InChI=1S/C18H18O4/c1-2-3-7-12-8-6-11-14(16(12)18(21)22)13-9-4-5-10-15(13)17(19)20/h4-6,8-11H,2-3,7H2,1H3,(H,19,20)(H,21,22). The molecule has 2 aromatic carbocycles.